The van der Waals surface area contributed by atoms with Gasteiger partial charge in [0.2, 0.25) is 5.82 Å². The molecule has 31 heavy (non-hydrogen) atoms. The van der Waals surface area contributed by atoms with Crippen molar-refractivity contribution in [3.8, 4) is 16.9 Å². The Morgan fingerprint density at radius 1 is 1.23 bits per heavy atom. The number of nitrogens with zero attached hydrogens (tertiary/aromatic N) is 4. The molecule has 8 nitrogen and oxygen atoms in total. The van der Waals surface area contributed by atoms with Crippen LogP contribution in [0.3, 0.4) is 0 Å². The van der Waals surface area contributed by atoms with Crippen molar-refractivity contribution in [2.75, 3.05) is 0 Å². The minimum atomic E-state index is -0.566. The molecule has 1 unspecified atom stereocenters. The molecule has 0 saturated heterocycles. The van der Waals surface area contributed by atoms with E-state index in [1.807, 2.05) is 0 Å². The molecule has 0 aliphatic rings. The van der Waals surface area contributed by atoms with Gasteiger partial charge in [-0.2, -0.15) is 5.21 Å². The van der Waals surface area contributed by atoms with Crippen molar-refractivity contribution in [1.29, 1.82) is 0 Å². The molecule has 2 aromatic heterocycles. The minimum absolute atomic E-state index is 0.00603. The maximum Gasteiger partial charge on any atom is 0.263 e. The number of amides is 1. The Balaban J connectivity index is 1.45. The lowest BCUT2D eigenvalue weighted by Crippen LogP contribution is -2.22. The Kier molecular flexibility index (Phi) is 5.94. The van der Waals surface area contributed by atoms with E-state index in [2.05, 4.69) is 30.9 Å². The van der Waals surface area contributed by atoms with Gasteiger partial charge >= 0.3 is 0 Å². The van der Waals surface area contributed by atoms with Crippen LogP contribution in [0.15, 0.2) is 48.1 Å². The van der Waals surface area contributed by atoms with E-state index in [1.54, 1.807) is 24.6 Å². The van der Waals surface area contributed by atoms with Crippen molar-refractivity contribution in [1.82, 2.24) is 30.9 Å². The highest BCUT2D eigenvalue weighted by atomic mass is 32.1. The summed E-state index contributed by atoms with van der Waals surface area (Å²) in [6.45, 7) is 1.71. The van der Waals surface area contributed by atoms with Crippen LogP contribution in [0.25, 0.3) is 11.1 Å². The summed E-state index contributed by atoms with van der Waals surface area (Å²) in [4.78, 5) is 16.2. The van der Waals surface area contributed by atoms with Crippen molar-refractivity contribution in [2.45, 2.75) is 19.6 Å². The number of rotatable bonds is 7. The normalized spacial score (nSPS) is 11.8. The maximum atomic E-state index is 14.7. The smallest absolute Gasteiger partial charge is 0.263 e. The van der Waals surface area contributed by atoms with E-state index in [0.717, 1.165) is 0 Å². The van der Waals surface area contributed by atoms with E-state index in [1.165, 1.54) is 41.8 Å². The summed E-state index contributed by atoms with van der Waals surface area (Å²) in [5, 5.41) is 16.1. The topological polar surface area (TPSA) is 106 Å². The van der Waals surface area contributed by atoms with Crippen LogP contribution < -0.4 is 10.1 Å². The number of hydrogen-bond donors (Lipinski definition) is 2. The van der Waals surface area contributed by atoms with Gasteiger partial charge in [0.05, 0.1) is 11.7 Å². The average molecular weight is 442 g/mol. The van der Waals surface area contributed by atoms with E-state index in [4.69, 9.17) is 4.74 Å². The van der Waals surface area contributed by atoms with E-state index >= 15 is 0 Å². The Labute approximate surface area is 179 Å². The van der Waals surface area contributed by atoms with Crippen molar-refractivity contribution in [2.24, 2.45) is 0 Å². The Morgan fingerprint density at radius 3 is 2.77 bits per heavy atom. The first-order valence-corrected chi connectivity index (χ1v) is 10.0. The van der Waals surface area contributed by atoms with Crippen molar-refractivity contribution < 1.29 is 18.3 Å². The first kappa shape index (κ1) is 20.5. The lowest BCUT2D eigenvalue weighted by atomic mass is 10.0. The molecule has 0 radical (unpaired) electrons. The molecule has 2 heterocycles. The lowest BCUT2D eigenvalue weighted by molar-refractivity contribution is 0.0954. The van der Waals surface area contributed by atoms with Gasteiger partial charge in [-0.15, -0.1) is 21.5 Å². The number of tetrazole rings is 1. The molecule has 1 atom stereocenters. The molecule has 4 aromatic rings. The monoisotopic (exact) mass is 442 g/mol. The molecule has 2 N–H and O–H groups in total. The second kappa shape index (κ2) is 8.96. The molecule has 1 amide bonds. The first-order valence-electron chi connectivity index (χ1n) is 9.16. The van der Waals surface area contributed by atoms with Crippen LogP contribution in [0, 0.1) is 11.6 Å². The summed E-state index contributed by atoms with van der Waals surface area (Å²) >= 11 is 1.20. The summed E-state index contributed by atoms with van der Waals surface area (Å²) in [6.07, 6.45) is 0.916. The number of thiazole rings is 1. The number of nitrogens with one attached hydrogen (secondary N) is 2. The quantitative estimate of drug-likeness (QED) is 0.452. The van der Waals surface area contributed by atoms with E-state index < -0.39 is 17.7 Å². The van der Waals surface area contributed by atoms with E-state index in [-0.39, 0.29) is 29.3 Å². The van der Waals surface area contributed by atoms with Crippen molar-refractivity contribution in [3.63, 3.8) is 0 Å². The number of ether oxygens (including phenoxy) is 1. The number of H-pyrrole nitrogens is 1. The number of carbonyl (C=O) groups is 1. The predicted octanol–water partition coefficient (Wildman–Crippen LogP) is 3.67. The van der Waals surface area contributed by atoms with Crippen LogP contribution in [-0.2, 0) is 6.54 Å². The maximum absolute atomic E-state index is 14.7. The second-order valence-corrected chi connectivity index (χ2v) is 7.41. The molecule has 0 aliphatic heterocycles. The summed E-state index contributed by atoms with van der Waals surface area (Å²) in [5.41, 5.74) is 2.42. The molecule has 0 aliphatic carbocycles. The average Bonchev–Trinajstić information content (AvgIpc) is 3.47. The Morgan fingerprint density at radius 2 is 2.10 bits per heavy atom. The molecular weight excluding hydrogens is 426 g/mol. The van der Waals surface area contributed by atoms with Gasteiger partial charge < -0.3 is 10.1 Å². The number of benzene rings is 2. The van der Waals surface area contributed by atoms with Gasteiger partial charge in [0.25, 0.3) is 5.91 Å². The second-order valence-electron chi connectivity index (χ2n) is 6.53. The highest BCUT2D eigenvalue weighted by molar-refractivity contribution is 7.11. The summed E-state index contributed by atoms with van der Waals surface area (Å²) < 4.78 is 34.8. The molecular formula is C20H16F2N6O2S. The fourth-order valence-corrected chi connectivity index (χ4v) is 3.39. The standard InChI is InChI=1S/C20H16F2N6O2S/c1-11(19-25-27-28-26-19)30-14-4-5-15(17(22)7-14)12-2-3-13(16(21)6-12)8-24-20(29)18-9-23-10-31-18/h2-7,9-11H,8H2,1H3,(H,24,29)(H,25,26,27,28). The third kappa shape index (κ3) is 4.72. The van der Waals surface area contributed by atoms with Crippen molar-refractivity contribution >= 4 is 17.2 Å². The van der Waals surface area contributed by atoms with Gasteiger partial charge in [-0.05, 0) is 30.7 Å². The zero-order valence-electron chi connectivity index (χ0n) is 16.2. The van der Waals surface area contributed by atoms with Crippen LogP contribution in [-0.4, -0.2) is 31.5 Å². The zero-order chi connectivity index (χ0) is 21.8. The Bertz CT molecular complexity index is 1180. The predicted molar refractivity (Wildman–Crippen MR) is 108 cm³/mol. The molecule has 0 fully saturated rings. The van der Waals surface area contributed by atoms with Gasteiger partial charge in [-0.3, -0.25) is 9.78 Å². The molecule has 0 bridgehead atoms. The highest BCUT2D eigenvalue weighted by Crippen LogP contribution is 2.29. The molecule has 4 rings (SSSR count). The largest absolute Gasteiger partial charge is 0.482 e. The summed E-state index contributed by atoms with van der Waals surface area (Å²) in [6, 6.07) is 8.64. The molecule has 11 heteroatoms. The van der Waals surface area contributed by atoms with Gasteiger partial charge in [0.1, 0.15) is 22.3 Å². The number of halogens is 2. The fraction of sp³-hybridized carbons (Fsp3) is 0.150. The zero-order valence-corrected chi connectivity index (χ0v) is 17.0. The highest BCUT2D eigenvalue weighted by Gasteiger charge is 2.15. The third-order valence-electron chi connectivity index (χ3n) is 4.44. The SMILES string of the molecule is CC(Oc1ccc(-c2ccc(CNC(=O)c3cncs3)c(F)c2)c(F)c1)c1nn[nH]n1. The number of carbonyl (C=O) groups excluding carboxylic acids is 1. The van der Waals surface area contributed by atoms with Crippen LogP contribution in [0.1, 0.15) is 34.1 Å². The molecule has 0 saturated carbocycles. The molecule has 2 aromatic carbocycles. The summed E-state index contributed by atoms with van der Waals surface area (Å²) in [7, 11) is 0. The van der Waals surface area contributed by atoms with Crippen LogP contribution in [0.4, 0.5) is 8.78 Å². The van der Waals surface area contributed by atoms with E-state index in [9.17, 15) is 13.6 Å². The summed E-state index contributed by atoms with van der Waals surface area (Å²) in [5.74, 6) is -0.829. The van der Waals surface area contributed by atoms with E-state index in [0.29, 0.717) is 16.3 Å². The Hall–Kier alpha value is -3.73. The molecule has 0 spiro atoms. The van der Waals surface area contributed by atoms with Crippen LogP contribution in [0.5, 0.6) is 5.75 Å². The molecule has 158 valence electrons. The fourth-order valence-electron chi connectivity index (χ4n) is 2.85. The minimum Gasteiger partial charge on any atom is -0.482 e. The third-order valence-corrected chi connectivity index (χ3v) is 5.21. The van der Waals surface area contributed by atoms with Gasteiger partial charge in [-0.25, -0.2) is 8.78 Å². The number of aromatic nitrogens is 5. The van der Waals surface area contributed by atoms with Crippen molar-refractivity contribution in [3.05, 3.63) is 76.0 Å². The first-order chi connectivity index (χ1) is 15.0. The number of aromatic amines is 1. The van der Waals surface area contributed by atoms with Gasteiger partial charge in [0, 0.05) is 23.7 Å². The lowest BCUT2D eigenvalue weighted by Gasteiger charge is -2.13. The van der Waals surface area contributed by atoms with Crippen LogP contribution in [0.2, 0.25) is 0 Å². The van der Waals surface area contributed by atoms with Gasteiger partial charge in [-0.1, -0.05) is 17.3 Å². The van der Waals surface area contributed by atoms with Crippen LogP contribution >= 0.6 is 11.3 Å². The number of hydrogen-bond acceptors (Lipinski definition) is 7. The van der Waals surface area contributed by atoms with Gasteiger partial charge in [0.15, 0.2) is 6.10 Å².